The highest BCUT2D eigenvalue weighted by molar-refractivity contribution is 7.80. The van der Waals surface area contributed by atoms with Gasteiger partial charge in [-0.05, 0) is 40.9 Å². The third-order valence-electron chi connectivity index (χ3n) is 5.07. The number of para-hydroxylation sites is 1. The molecule has 0 spiro atoms. The van der Waals surface area contributed by atoms with Gasteiger partial charge < -0.3 is 9.88 Å². The molecular formula is C25H22N4O2S. The number of benzene rings is 3. The number of hydrogen-bond acceptors (Lipinski definition) is 3. The molecule has 3 aromatic carbocycles. The number of nitrogens with zero attached hydrogens (tertiary/aromatic N) is 1. The Labute approximate surface area is 191 Å². The van der Waals surface area contributed by atoms with Gasteiger partial charge in [0.05, 0.1) is 5.92 Å². The minimum atomic E-state index is -0.529. The van der Waals surface area contributed by atoms with Crippen molar-refractivity contribution in [2.45, 2.75) is 12.5 Å². The number of thiocarbonyl (C=S) groups is 1. The molecular weight excluding hydrogens is 420 g/mol. The Morgan fingerprint density at radius 1 is 0.781 bits per heavy atom. The number of hydrazine groups is 1. The van der Waals surface area contributed by atoms with Crippen molar-refractivity contribution >= 4 is 40.0 Å². The van der Waals surface area contributed by atoms with Gasteiger partial charge in [0, 0.05) is 11.7 Å². The van der Waals surface area contributed by atoms with Gasteiger partial charge in [0.1, 0.15) is 6.54 Å². The zero-order valence-electron chi connectivity index (χ0n) is 17.2. The number of fused-ring (bicyclic) bond motifs is 1. The highest BCUT2D eigenvalue weighted by Gasteiger charge is 2.23. The lowest BCUT2D eigenvalue weighted by molar-refractivity contribution is -0.123. The Balaban J connectivity index is 1.37. The van der Waals surface area contributed by atoms with E-state index in [9.17, 15) is 9.59 Å². The van der Waals surface area contributed by atoms with E-state index in [0.29, 0.717) is 0 Å². The number of carbonyl (C=O) groups excluding carboxylic acids is 2. The number of rotatable bonds is 5. The molecule has 2 amide bonds. The van der Waals surface area contributed by atoms with Gasteiger partial charge in [-0.2, -0.15) is 0 Å². The molecule has 0 aliphatic carbocycles. The molecule has 0 aliphatic rings. The Bertz CT molecular complexity index is 1200. The molecule has 0 saturated carbocycles. The van der Waals surface area contributed by atoms with Gasteiger partial charge in [0.15, 0.2) is 5.11 Å². The van der Waals surface area contributed by atoms with Gasteiger partial charge in [-0.25, -0.2) is 0 Å². The molecule has 0 atom stereocenters. The number of amides is 2. The van der Waals surface area contributed by atoms with Crippen LogP contribution in [0.2, 0.25) is 0 Å². The van der Waals surface area contributed by atoms with E-state index in [1.807, 2.05) is 102 Å². The predicted molar refractivity (Wildman–Crippen MR) is 129 cm³/mol. The molecule has 7 heteroatoms. The molecule has 32 heavy (non-hydrogen) atoms. The zero-order chi connectivity index (χ0) is 22.3. The molecule has 3 N–H and O–H groups in total. The molecule has 6 nitrogen and oxygen atoms in total. The molecule has 0 fully saturated rings. The Hall–Kier alpha value is -3.97. The van der Waals surface area contributed by atoms with Gasteiger partial charge in [-0.1, -0.05) is 78.9 Å². The van der Waals surface area contributed by atoms with E-state index < -0.39 is 5.92 Å². The molecule has 1 heterocycles. The van der Waals surface area contributed by atoms with Crippen molar-refractivity contribution in [2.24, 2.45) is 0 Å². The van der Waals surface area contributed by atoms with E-state index in [-0.39, 0.29) is 23.5 Å². The smallest absolute Gasteiger partial charge is 0.258 e. The van der Waals surface area contributed by atoms with Crippen LogP contribution in [0.3, 0.4) is 0 Å². The summed E-state index contributed by atoms with van der Waals surface area (Å²) in [5.41, 5.74) is 7.83. The normalized spacial score (nSPS) is 10.7. The van der Waals surface area contributed by atoms with Crippen molar-refractivity contribution in [3.8, 4) is 0 Å². The summed E-state index contributed by atoms with van der Waals surface area (Å²) in [5.74, 6) is -1.10. The topological polar surface area (TPSA) is 75.2 Å². The number of hydrogen-bond donors (Lipinski definition) is 3. The summed E-state index contributed by atoms with van der Waals surface area (Å²) in [7, 11) is 0. The van der Waals surface area contributed by atoms with Crippen molar-refractivity contribution in [1.82, 2.24) is 20.7 Å². The molecule has 4 rings (SSSR count). The summed E-state index contributed by atoms with van der Waals surface area (Å²) in [6.45, 7) is 0.119. The van der Waals surface area contributed by atoms with E-state index >= 15 is 0 Å². The van der Waals surface area contributed by atoms with Crippen molar-refractivity contribution in [3.05, 3.63) is 108 Å². The van der Waals surface area contributed by atoms with E-state index in [1.54, 1.807) is 0 Å². The average molecular weight is 443 g/mol. The zero-order valence-corrected chi connectivity index (χ0v) is 18.0. The first-order valence-electron chi connectivity index (χ1n) is 10.2. The summed E-state index contributed by atoms with van der Waals surface area (Å²) < 4.78 is 1.84. The minimum Gasteiger partial charge on any atom is -0.338 e. The van der Waals surface area contributed by atoms with Crippen LogP contribution in [0.1, 0.15) is 17.0 Å². The van der Waals surface area contributed by atoms with Crippen LogP contribution in [0.5, 0.6) is 0 Å². The molecule has 1 aromatic heterocycles. The summed E-state index contributed by atoms with van der Waals surface area (Å²) in [6.07, 6.45) is 1.86. The molecule has 0 saturated heterocycles. The van der Waals surface area contributed by atoms with E-state index in [1.165, 1.54) is 0 Å². The van der Waals surface area contributed by atoms with Gasteiger partial charge in [0.2, 0.25) is 5.91 Å². The maximum absolute atomic E-state index is 13.0. The highest BCUT2D eigenvalue weighted by Crippen LogP contribution is 2.24. The first kappa shape index (κ1) is 21.3. The number of carbonyl (C=O) groups is 2. The molecule has 4 aromatic rings. The number of nitrogens with one attached hydrogen (secondary N) is 3. The lowest BCUT2D eigenvalue weighted by Crippen LogP contribution is -2.50. The Morgan fingerprint density at radius 2 is 1.38 bits per heavy atom. The standard InChI is InChI=1S/C25H22N4O2S/c30-22(17-29-16-15-18-9-7-8-14-21(18)29)27-28-25(32)26-24(31)23(19-10-3-1-4-11-19)20-12-5-2-6-13-20/h1-16,23H,17H2,(H,27,30)(H2,26,28,31,32). The largest absolute Gasteiger partial charge is 0.338 e. The second kappa shape index (κ2) is 9.89. The SMILES string of the molecule is O=C(Cn1ccc2ccccc21)NNC(=S)NC(=O)C(c1ccccc1)c1ccccc1. The third-order valence-corrected chi connectivity index (χ3v) is 5.28. The van der Waals surface area contributed by atoms with Gasteiger partial charge >= 0.3 is 0 Å². The Kier molecular flexibility index (Phi) is 6.57. The lowest BCUT2D eigenvalue weighted by Gasteiger charge is -2.19. The van der Waals surface area contributed by atoms with Crippen LogP contribution in [-0.2, 0) is 16.1 Å². The van der Waals surface area contributed by atoms with Crippen molar-refractivity contribution < 1.29 is 9.59 Å². The Morgan fingerprint density at radius 3 is 2.03 bits per heavy atom. The fourth-order valence-corrected chi connectivity index (χ4v) is 3.75. The van der Waals surface area contributed by atoms with Gasteiger partial charge in [-0.3, -0.25) is 20.4 Å². The molecule has 0 bridgehead atoms. The molecule has 0 aliphatic heterocycles. The lowest BCUT2D eigenvalue weighted by atomic mass is 9.90. The van der Waals surface area contributed by atoms with Crippen LogP contribution in [0, 0.1) is 0 Å². The summed E-state index contributed by atoms with van der Waals surface area (Å²) in [6, 6.07) is 28.7. The van der Waals surface area contributed by atoms with Crippen LogP contribution in [0.4, 0.5) is 0 Å². The van der Waals surface area contributed by atoms with Crippen LogP contribution < -0.4 is 16.2 Å². The fourth-order valence-electron chi connectivity index (χ4n) is 3.60. The summed E-state index contributed by atoms with van der Waals surface area (Å²) in [5, 5.41) is 3.77. The van der Waals surface area contributed by atoms with Gasteiger partial charge in [-0.15, -0.1) is 0 Å². The molecule has 0 radical (unpaired) electrons. The van der Waals surface area contributed by atoms with Gasteiger partial charge in [0.25, 0.3) is 5.91 Å². The van der Waals surface area contributed by atoms with Crippen LogP contribution in [0.25, 0.3) is 10.9 Å². The molecule has 0 unspecified atom stereocenters. The number of aromatic nitrogens is 1. The monoisotopic (exact) mass is 442 g/mol. The maximum atomic E-state index is 13.0. The summed E-state index contributed by atoms with van der Waals surface area (Å²) >= 11 is 5.23. The van der Waals surface area contributed by atoms with E-state index in [0.717, 1.165) is 22.0 Å². The quantitative estimate of drug-likeness (QED) is 0.327. The van der Waals surface area contributed by atoms with Crippen LogP contribution >= 0.6 is 12.2 Å². The second-order valence-corrected chi connectivity index (χ2v) is 7.66. The molecule has 160 valence electrons. The predicted octanol–water partition coefficient (Wildman–Crippen LogP) is 3.50. The third kappa shape index (κ3) is 5.01. The van der Waals surface area contributed by atoms with Crippen molar-refractivity contribution in [1.29, 1.82) is 0 Å². The van der Waals surface area contributed by atoms with E-state index in [4.69, 9.17) is 12.2 Å². The first-order valence-corrected chi connectivity index (χ1v) is 10.6. The van der Waals surface area contributed by atoms with Crippen LogP contribution in [0.15, 0.2) is 97.2 Å². The minimum absolute atomic E-state index is 0.0255. The highest BCUT2D eigenvalue weighted by atomic mass is 32.1. The van der Waals surface area contributed by atoms with E-state index in [2.05, 4.69) is 16.2 Å². The average Bonchev–Trinajstić information content (AvgIpc) is 3.22. The van der Waals surface area contributed by atoms with Crippen molar-refractivity contribution in [3.63, 3.8) is 0 Å². The van der Waals surface area contributed by atoms with Crippen molar-refractivity contribution in [2.75, 3.05) is 0 Å². The fraction of sp³-hybridized carbons (Fsp3) is 0.0800. The summed E-state index contributed by atoms with van der Waals surface area (Å²) in [4.78, 5) is 25.4. The second-order valence-electron chi connectivity index (χ2n) is 7.25. The first-order chi connectivity index (χ1) is 15.6. The van der Waals surface area contributed by atoms with Crippen LogP contribution in [-0.4, -0.2) is 21.5 Å². The maximum Gasteiger partial charge on any atom is 0.258 e.